The highest BCUT2D eigenvalue weighted by Crippen LogP contribution is 2.46. The van der Waals surface area contributed by atoms with Gasteiger partial charge in [-0.05, 0) is 30.9 Å². The van der Waals surface area contributed by atoms with Gasteiger partial charge in [-0.25, -0.2) is 0 Å². The fraction of sp³-hybridized carbons (Fsp3) is 0.444. The van der Waals surface area contributed by atoms with Crippen molar-refractivity contribution in [3.05, 3.63) is 59.6 Å². The van der Waals surface area contributed by atoms with Gasteiger partial charge in [0.15, 0.2) is 0 Å². The molecule has 1 aliphatic carbocycles. The Hall–Kier alpha value is -1.74. The SMILES string of the molecule is CCC1(c2ccccc2C2(O)C=C(C)C(C)C2)OC=CO1. The normalized spacial score (nSPS) is 29.9. The summed E-state index contributed by atoms with van der Waals surface area (Å²) in [6.07, 6.45) is 6.49. The molecule has 21 heavy (non-hydrogen) atoms. The molecule has 0 saturated carbocycles. The van der Waals surface area contributed by atoms with Crippen molar-refractivity contribution in [3.63, 3.8) is 0 Å². The van der Waals surface area contributed by atoms with Crippen molar-refractivity contribution in [2.24, 2.45) is 5.92 Å². The molecule has 2 aliphatic rings. The molecule has 0 fully saturated rings. The van der Waals surface area contributed by atoms with Crippen LogP contribution in [0.25, 0.3) is 0 Å². The predicted molar refractivity (Wildman–Crippen MR) is 81.2 cm³/mol. The first-order valence-electron chi connectivity index (χ1n) is 7.53. The van der Waals surface area contributed by atoms with Gasteiger partial charge < -0.3 is 14.6 Å². The van der Waals surface area contributed by atoms with Crippen molar-refractivity contribution in [3.8, 4) is 0 Å². The molecule has 1 N–H and O–H groups in total. The number of aliphatic hydroxyl groups is 1. The number of ether oxygens (including phenoxy) is 2. The maximum Gasteiger partial charge on any atom is 0.276 e. The van der Waals surface area contributed by atoms with Crippen LogP contribution in [0.2, 0.25) is 0 Å². The molecule has 1 aromatic carbocycles. The Morgan fingerprint density at radius 1 is 1.19 bits per heavy atom. The van der Waals surface area contributed by atoms with Gasteiger partial charge in [0.25, 0.3) is 5.79 Å². The Bertz CT molecular complexity index is 594. The molecule has 3 nitrogen and oxygen atoms in total. The lowest BCUT2D eigenvalue weighted by Crippen LogP contribution is -2.32. The zero-order chi connectivity index (χ0) is 15.1. The average molecular weight is 286 g/mol. The van der Waals surface area contributed by atoms with E-state index in [1.165, 1.54) is 5.57 Å². The number of hydrogen-bond acceptors (Lipinski definition) is 3. The maximum absolute atomic E-state index is 11.1. The molecular weight excluding hydrogens is 264 g/mol. The first-order valence-corrected chi connectivity index (χ1v) is 7.53. The van der Waals surface area contributed by atoms with Gasteiger partial charge in [0.05, 0.1) is 0 Å². The quantitative estimate of drug-likeness (QED) is 0.855. The molecule has 112 valence electrons. The van der Waals surface area contributed by atoms with E-state index in [4.69, 9.17) is 9.47 Å². The second kappa shape index (κ2) is 4.92. The van der Waals surface area contributed by atoms with Crippen LogP contribution in [0.5, 0.6) is 0 Å². The van der Waals surface area contributed by atoms with Crippen LogP contribution in [0.1, 0.15) is 44.7 Å². The van der Waals surface area contributed by atoms with Gasteiger partial charge in [0.1, 0.15) is 18.1 Å². The fourth-order valence-electron chi connectivity index (χ4n) is 3.37. The smallest absolute Gasteiger partial charge is 0.276 e. The third-order valence-corrected chi connectivity index (χ3v) is 4.70. The number of benzene rings is 1. The molecular formula is C18H22O3. The molecule has 1 heterocycles. The molecule has 2 unspecified atom stereocenters. The lowest BCUT2D eigenvalue weighted by atomic mass is 9.84. The summed E-state index contributed by atoms with van der Waals surface area (Å²) in [5, 5.41) is 11.1. The first-order chi connectivity index (χ1) is 10.0. The monoisotopic (exact) mass is 286 g/mol. The van der Waals surface area contributed by atoms with E-state index in [1.807, 2.05) is 37.3 Å². The van der Waals surface area contributed by atoms with Crippen LogP contribution in [-0.2, 0) is 20.9 Å². The molecule has 0 aromatic heterocycles. The minimum atomic E-state index is -0.947. The molecule has 1 aromatic rings. The molecule has 0 amide bonds. The van der Waals surface area contributed by atoms with Gasteiger partial charge in [-0.2, -0.15) is 0 Å². The van der Waals surface area contributed by atoms with Crippen LogP contribution in [0.4, 0.5) is 0 Å². The Balaban J connectivity index is 2.09. The van der Waals surface area contributed by atoms with Crippen molar-refractivity contribution in [1.29, 1.82) is 0 Å². The Labute approximate surface area is 125 Å². The first kappa shape index (κ1) is 14.2. The summed E-state index contributed by atoms with van der Waals surface area (Å²) in [4.78, 5) is 0. The third kappa shape index (κ3) is 2.16. The summed E-state index contributed by atoms with van der Waals surface area (Å²) in [6, 6.07) is 7.86. The highest BCUT2D eigenvalue weighted by atomic mass is 16.7. The summed E-state index contributed by atoms with van der Waals surface area (Å²) in [7, 11) is 0. The van der Waals surface area contributed by atoms with Crippen LogP contribution in [0, 0.1) is 5.92 Å². The van der Waals surface area contributed by atoms with E-state index in [1.54, 1.807) is 12.5 Å². The average Bonchev–Trinajstić information content (AvgIpc) is 3.06. The Morgan fingerprint density at radius 3 is 2.33 bits per heavy atom. The van der Waals surface area contributed by atoms with Crippen molar-refractivity contribution < 1.29 is 14.6 Å². The second-order valence-electron chi connectivity index (χ2n) is 6.08. The predicted octanol–water partition coefficient (Wildman–Crippen LogP) is 3.94. The molecule has 0 spiro atoms. The van der Waals surface area contributed by atoms with Crippen LogP contribution < -0.4 is 0 Å². The Kier molecular flexibility index (Phi) is 3.33. The molecule has 0 radical (unpaired) electrons. The van der Waals surface area contributed by atoms with E-state index in [0.717, 1.165) is 11.1 Å². The lowest BCUT2D eigenvalue weighted by molar-refractivity contribution is -0.153. The molecule has 3 heteroatoms. The van der Waals surface area contributed by atoms with Gasteiger partial charge >= 0.3 is 0 Å². The molecule has 0 saturated heterocycles. The molecule has 2 atom stereocenters. The molecule has 3 rings (SSSR count). The van der Waals surface area contributed by atoms with Crippen molar-refractivity contribution in [2.75, 3.05) is 0 Å². The van der Waals surface area contributed by atoms with Gasteiger partial charge in [-0.1, -0.05) is 43.7 Å². The van der Waals surface area contributed by atoms with Crippen molar-refractivity contribution >= 4 is 0 Å². The zero-order valence-electron chi connectivity index (χ0n) is 12.8. The van der Waals surface area contributed by atoms with Crippen LogP contribution in [0.15, 0.2) is 48.4 Å². The summed E-state index contributed by atoms with van der Waals surface area (Å²) < 4.78 is 11.5. The highest BCUT2D eigenvalue weighted by molar-refractivity contribution is 5.42. The number of hydrogen-bond donors (Lipinski definition) is 1. The van der Waals surface area contributed by atoms with Gasteiger partial charge in [-0.3, -0.25) is 0 Å². The third-order valence-electron chi connectivity index (χ3n) is 4.70. The van der Waals surface area contributed by atoms with Crippen LogP contribution in [0.3, 0.4) is 0 Å². The Morgan fingerprint density at radius 2 is 1.81 bits per heavy atom. The van der Waals surface area contributed by atoms with E-state index in [-0.39, 0.29) is 0 Å². The highest BCUT2D eigenvalue weighted by Gasteiger charge is 2.44. The zero-order valence-corrected chi connectivity index (χ0v) is 12.8. The van der Waals surface area contributed by atoms with Crippen LogP contribution >= 0.6 is 0 Å². The van der Waals surface area contributed by atoms with E-state index < -0.39 is 11.4 Å². The molecule has 0 bridgehead atoms. The topological polar surface area (TPSA) is 38.7 Å². The van der Waals surface area contributed by atoms with Crippen molar-refractivity contribution in [2.45, 2.75) is 45.0 Å². The number of rotatable bonds is 3. The summed E-state index contributed by atoms with van der Waals surface area (Å²) in [5.74, 6) is -0.441. The van der Waals surface area contributed by atoms with Crippen LogP contribution in [-0.4, -0.2) is 5.11 Å². The van der Waals surface area contributed by atoms with E-state index >= 15 is 0 Å². The van der Waals surface area contributed by atoms with Gasteiger partial charge in [-0.15, -0.1) is 0 Å². The summed E-state index contributed by atoms with van der Waals surface area (Å²) >= 11 is 0. The van der Waals surface area contributed by atoms with E-state index in [2.05, 4.69) is 13.8 Å². The van der Waals surface area contributed by atoms with Crippen molar-refractivity contribution in [1.82, 2.24) is 0 Å². The van der Waals surface area contributed by atoms with E-state index in [9.17, 15) is 5.11 Å². The molecule has 1 aliphatic heterocycles. The summed E-state index contributed by atoms with van der Waals surface area (Å²) in [6.45, 7) is 6.24. The standard InChI is InChI=1S/C18H22O3/c1-4-18(20-9-10-21-18)16-8-6-5-7-15(16)17(19)11-13(2)14(3)12-17/h5-11,14,19H,4,12H2,1-3H3. The minimum Gasteiger partial charge on any atom is -0.453 e. The van der Waals surface area contributed by atoms with E-state index in [0.29, 0.717) is 18.8 Å². The fourth-order valence-corrected chi connectivity index (χ4v) is 3.37. The largest absolute Gasteiger partial charge is 0.453 e. The number of allylic oxidation sites excluding steroid dienone is 1. The van der Waals surface area contributed by atoms with Gasteiger partial charge in [0.2, 0.25) is 0 Å². The van der Waals surface area contributed by atoms with Gasteiger partial charge in [0, 0.05) is 12.0 Å². The maximum atomic E-state index is 11.1. The second-order valence-corrected chi connectivity index (χ2v) is 6.08. The minimum absolute atomic E-state index is 0.379. The summed E-state index contributed by atoms with van der Waals surface area (Å²) in [5.41, 5.74) is 2.05. The lowest BCUT2D eigenvalue weighted by Gasteiger charge is -2.33.